The fourth-order valence-electron chi connectivity index (χ4n) is 4.59. The molecule has 0 bridgehead atoms. The number of rotatable bonds is 9. The second kappa shape index (κ2) is 10.8. The maximum Gasteiger partial charge on any atom is 0.248 e. The number of hydrogen-bond acceptors (Lipinski definition) is 1. The van der Waals surface area contributed by atoms with Gasteiger partial charge < -0.3 is 0 Å². The van der Waals surface area contributed by atoms with Crippen molar-refractivity contribution in [2.45, 2.75) is 83.5 Å². The Morgan fingerprint density at radius 3 is 2.28 bits per heavy atom. The molecule has 0 unspecified atom stereocenters. The molecule has 1 aromatic carbocycles. The fourth-order valence-corrected chi connectivity index (χ4v) is 4.59. The molecule has 1 aliphatic carbocycles. The van der Waals surface area contributed by atoms with Crippen LogP contribution in [0.15, 0.2) is 30.5 Å². The molecule has 1 nitrogen and oxygen atoms in total. The zero-order chi connectivity index (χ0) is 20.6. The van der Waals surface area contributed by atoms with Crippen molar-refractivity contribution in [1.29, 1.82) is 0 Å². The second-order valence-electron chi connectivity index (χ2n) is 8.51. The first-order valence-electron chi connectivity index (χ1n) is 11.2. The average molecular weight is 404 g/mol. The molecule has 2 aromatic rings. The van der Waals surface area contributed by atoms with E-state index >= 15 is 0 Å². The predicted molar refractivity (Wildman–Crippen MR) is 112 cm³/mol. The van der Waals surface area contributed by atoms with Gasteiger partial charge >= 0.3 is 0 Å². The lowest BCUT2D eigenvalue weighted by molar-refractivity contribution is 0.301. The molecule has 1 fully saturated rings. The summed E-state index contributed by atoms with van der Waals surface area (Å²) < 4.78 is 41.1. The lowest BCUT2D eigenvalue weighted by Crippen LogP contribution is -2.13. The Hall–Kier alpha value is -1.84. The minimum absolute atomic E-state index is 0.260. The zero-order valence-electron chi connectivity index (χ0n) is 17.4. The quantitative estimate of drug-likeness (QED) is 0.304. The van der Waals surface area contributed by atoms with Crippen LogP contribution in [0.2, 0.25) is 0 Å². The van der Waals surface area contributed by atoms with E-state index in [4.69, 9.17) is 0 Å². The monoisotopic (exact) mass is 403 g/mol. The Balaban J connectivity index is 1.51. The highest BCUT2D eigenvalue weighted by atomic mass is 19.2. The topological polar surface area (TPSA) is 12.9 Å². The predicted octanol–water partition coefficient (Wildman–Crippen LogP) is 8.19. The third-order valence-electron chi connectivity index (χ3n) is 6.38. The van der Waals surface area contributed by atoms with E-state index < -0.39 is 17.6 Å². The summed E-state index contributed by atoms with van der Waals surface area (Å²) >= 11 is 0. The van der Waals surface area contributed by atoms with E-state index in [-0.39, 0.29) is 11.1 Å². The summed E-state index contributed by atoms with van der Waals surface area (Å²) in [7, 11) is 0. The molecule has 29 heavy (non-hydrogen) atoms. The van der Waals surface area contributed by atoms with Gasteiger partial charge in [-0.15, -0.1) is 0 Å². The summed E-state index contributed by atoms with van der Waals surface area (Å²) in [4.78, 5) is 3.35. The molecule has 0 atom stereocenters. The lowest BCUT2D eigenvalue weighted by Gasteiger charge is -2.29. The first-order chi connectivity index (χ1) is 14.1. The molecule has 1 aromatic heterocycles. The van der Waals surface area contributed by atoms with E-state index in [1.54, 1.807) is 12.1 Å². The molecule has 3 rings (SSSR count). The number of unbranched alkanes of at least 4 members (excludes halogenated alkanes) is 5. The van der Waals surface area contributed by atoms with Crippen LogP contribution in [0.5, 0.6) is 0 Å². The minimum Gasteiger partial charge on any atom is -0.225 e. The first kappa shape index (κ1) is 21.9. The van der Waals surface area contributed by atoms with E-state index in [0.717, 1.165) is 30.4 Å². The van der Waals surface area contributed by atoms with Crippen molar-refractivity contribution in [2.24, 2.45) is 5.92 Å². The smallest absolute Gasteiger partial charge is 0.225 e. The Morgan fingerprint density at radius 1 is 0.862 bits per heavy atom. The van der Waals surface area contributed by atoms with Crippen molar-refractivity contribution in [3.8, 4) is 11.1 Å². The van der Waals surface area contributed by atoms with Gasteiger partial charge in [-0.25, -0.2) is 13.8 Å². The average Bonchev–Trinajstić information content (AvgIpc) is 2.73. The van der Waals surface area contributed by atoms with Crippen LogP contribution >= 0.6 is 0 Å². The third kappa shape index (κ3) is 6.07. The third-order valence-corrected chi connectivity index (χ3v) is 6.38. The zero-order valence-corrected chi connectivity index (χ0v) is 17.4. The number of benzene rings is 1. The molecule has 1 aliphatic rings. The van der Waals surface area contributed by atoms with Crippen LogP contribution in [-0.2, 0) is 0 Å². The van der Waals surface area contributed by atoms with Gasteiger partial charge in [0, 0.05) is 17.3 Å². The van der Waals surface area contributed by atoms with Crippen LogP contribution in [0.4, 0.5) is 13.2 Å². The van der Waals surface area contributed by atoms with Crippen LogP contribution < -0.4 is 0 Å². The van der Waals surface area contributed by atoms with E-state index in [9.17, 15) is 13.2 Å². The van der Waals surface area contributed by atoms with E-state index in [0.29, 0.717) is 5.92 Å². The van der Waals surface area contributed by atoms with Crippen LogP contribution in [0, 0.1) is 23.5 Å². The number of hydrogen-bond donors (Lipinski definition) is 0. The van der Waals surface area contributed by atoms with Crippen molar-refractivity contribution >= 4 is 0 Å². The molecule has 4 heteroatoms. The molecule has 0 spiro atoms. The largest absolute Gasteiger partial charge is 0.248 e. The Bertz CT molecular complexity index is 782. The van der Waals surface area contributed by atoms with E-state index in [1.165, 1.54) is 64.0 Å². The molecule has 0 N–H and O–H groups in total. The van der Waals surface area contributed by atoms with Crippen LogP contribution in [0.3, 0.4) is 0 Å². The Kier molecular flexibility index (Phi) is 8.14. The number of halogens is 3. The normalized spacial score (nSPS) is 19.4. The first-order valence-corrected chi connectivity index (χ1v) is 11.2. The van der Waals surface area contributed by atoms with Crippen molar-refractivity contribution in [1.82, 2.24) is 4.98 Å². The second-order valence-corrected chi connectivity index (χ2v) is 8.51. The van der Waals surface area contributed by atoms with E-state index in [1.807, 2.05) is 6.07 Å². The summed E-state index contributed by atoms with van der Waals surface area (Å²) in [6.07, 6.45) is 15.2. The molecule has 158 valence electrons. The highest BCUT2D eigenvalue weighted by Crippen LogP contribution is 2.39. The van der Waals surface area contributed by atoms with Gasteiger partial charge in [-0.05, 0) is 55.2 Å². The summed E-state index contributed by atoms with van der Waals surface area (Å²) in [6, 6.07) is 6.16. The molecule has 0 saturated heterocycles. The number of nitrogens with zero attached hydrogens (tertiary/aromatic N) is 1. The summed E-state index contributed by atoms with van der Waals surface area (Å²) in [5.41, 5.74) is 1.53. The highest BCUT2D eigenvalue weighted by Gasteiger charge is 2.23. The maximum absolute atomic E-state index is 14.6. The standard InChI is InChI=1S/C25H32F3N/c1-2-3-4-5-6-7-8-18-9-11-19(12-10-18)20-13-14-22(23(26)15-20)21-16-24(27)25(28)29-17-21/h13-19H,2-12H2,1H3/t18-,19-. The van der Waals surface area contributed by atoms with Crippen LogP contribution in [0.25, 0.3) is 11.1 Å². The van der Waals surface area contributed by atoms with E-state index in [2.05, 4.69) is 11.9 Å². The van der Waals surface area contributed by atoms with Gasteiger partial charge in [-0.2, -0.15) is 4.39 Å². The Morgan fingerprint density at radius 2 is 1.59 bits per heavy atom. The maximum atomic E-state index is 14.6. The van der Waals surface area contributed by atoms with Crippen LogP contribution in [-0.4, -0.2) is 4.98 Å². The van der Waals surface area contributed by atoms with Gasteiger partial charge in [0.1, 0.15) is 5.82 Å². The van der Waals surface area contributed by atoms with Crippen molar-refractivity contribution < 1.29 is 13.2 Å². The van der Waals surface area contributed by atoms with Crippen molar-refractivity contribution in [3.63, 3.8) is 0 Å². The van der Waals surface area contributed by atoms with Gasteiger partial charge in [-0.1, -0.05) is 64.0 Å². The van der Waals surface area contributed by atoms with Gasteiger partial charge in [-0.3, -0.25) is 0 Å². The van der Waals surface area contributed by atoms with Crippen molar-refractivity contribution in [2.75, 3.05) is 0 Å². The molecule has 0 amide bonds. The number of pyridine rings is 1. The summed E-state index contributed by atoms with van der Waals surface area (Å²) in [5.74, 6) is -1.42. The number of aromatic nitrogens is 1. The van der Waals surface area contributed by atoms with Gasteiger partial charge in [0.25, 0.3) is 0 Å². The van der Waals surface area contributed by atoms with Crippen molar-refractivity contribution in [3.05, 3.63) is 53.6 Å². The fraction of sp³-hybridized carbons (Fsp3) is 0.560. The molecule has 0 aliphatic heterocycles. The van der Waals surface area contributed by atoms with Gasteiger partial charge in [0.2, 0.25) is 5.95 Å². The van der Waals surface area contributed by atoms with Gasteiger partial charge in [0.05, 0.1) is 0 Å². The minimum atomic E-state index is -1.16. The lowest BCUT2D eigenvalue weighted by atomic mass is 9.77. The molecule has 1 saturated carbocycles. The van der Waals surface area contributed by atoms with Crippen LogP contribution in [0.1, 0.15) is 89.0 Å². The molecule has 0 radical (unpaired) electrons. The molecular weight excluding hydrogens is 371 g/mol. The highest BCUT2D eigenvalue weighted by molar-refractivity contribution is 5.63. The molecular formula is C25H32F3N. The summed E-state index contributed by atoms with van der Waals surface area (Å²) in [6.45, 7) is 2.25. The van der Waals surface area contributed by atoms with Gasteiger partial charge in [0.15, 0.2) is 5.82 Å². The summed E-state index contributed by atoms with van der Waals surface area (Å²) in [5, 5.41) is 0. The SMILES string of the molecule is CCCCCCCC[C@H]1CC[C@H](c2ccc(-c3cnc(F)c(F)c3)c(F)c2)CC1. The molecule has 1 heterocycles. The Labute approximate surface area is 172 Å².